The topological polar surface area (TPSA) is 33.1 Å². The molecule has 4 nitrogen and oxygen atoms in total. The Labute approximate surface area is 127 Å². The zero-order chi connectivity index (χ0) is 15.3. The highest BCUT2D eigenvalue weighted by Gasteiger charge is 2.09. The fourth-order valence-corrected chi connectivity index (χ4v) is 2.23. The molecule has 1 N–H and O–H groups in total. The first-order chi connectivity index (χ1) is 9.94. The van der Waals surface area contributed by atoms with E-state index in [0.717, 1.165) is 25.3 Å². The highest BCUT2D eigenvalue weighted by molar-refractivity contribution is 5.34. The fraction of sp³-hybridized carbons (Fsp3) is 0.471. The highest BCUT2D eigenvalue weighted by atomic mass is 15.3. The number of aromatic nitrogens is 2. The summed E-state index contributed by atoms with van der Waals surface area (Å²) in [5.74, 6) is 0. The van der Waals surface area contributed by atoms with Crippen LogP contribution in [0.1, 0.15) is 26.3 Å². The van der Waals surface area contributed by atoms with Crippen molar-refractivity contribution < 1.29 is 0 Å². The lowest BCUT2D eigenvalue weighted by molar-refractivity contribution is 0.303. The van der Waals surface area contributed by atoms with Crippen LogP contribution in [-0.2, 0) is 6.54 Å². The summed E-state index contributed by atoms with van der Waals surface area (Å²) >= 11 is 0. The quantitative estimate of drug-likeness (QED) is 0.886. The molecule has 0 aliphatic heterocycles. The molecule has 0 spiro atoms. The Bertz CT molecular complexity index is 540. The molecule has 0 atom stereocenters. The molecule has 0 saturated heterocycles. The monoisotopic (exact) mass is 286 g/mol. The molecule has 1 aromatic heterocycles. The summed E-state index contributed by atoms with van der Waals surface area (Å²) in [5.41, 5.74) is 2.60. The van der Waals surface area contributed by atoms with Crippen molar-refractivity contribution in [1.82, 2.24) is 20.0 Å². The Balaban J connectivity index is 1.89. The van der Waals surface area contributed by atoms with E-state index in [2.05, 4.69) is 67.4 Å². The molecule has 0 aliphatic rings. The van der Waals surface area contributed by atoms with Crippen molar-refractivity contribution in [2.45, 2.75) is 32.9 Å². The van der Waals surface area contributed by atoms with Gasteiger partial charge in [-0.3, -0.25) is 0 Å². The molecule has 0 unspecified atom stereocenters. The Morgan fingerprint density at radius 2 is 2.05 bits per heavy atom. The van der Waals surface area contributed by atoms with E-state index in [9.17, 15) is 0 Å². The molecule has 4 heteroatoms. The van der Waals surface area contributed by atoms with Crippen LogP contribution in [0, 0.1) is 0 Å². The maximum absolute atomic E-state index is 4.28. The van der Waals surface area contributed by atoms with Crippen molar-refractivity contribution in [3.8, 4) is 5.69 Å². The average molecular weight is 286 g/mol. The van der Waals surface area contributed by atoms with Crippen molar-refractivity contribution in [2.75, 3.05) is 20.1 Å². The van der Waals surface area contributed by atoms with Gasteiger partial charge in [-0.1, -0.05) is 12.1 Å². The molecule has 1 aromatic carbocycles. The van der Waals surface area contributed by atoms with Crippen molar-refractivity contribution in [2.24, 2.45) is 0 Å². The number of hydrogen-bond acceptors (Lipinski definition) is 3. The van der Waals surface area contributed by atoms with Crippen LogP contribution in [0.15, 0.2) is 42.7 Å². The Morgan fingerprint density at radius 3 is 2.71 bits per heavy atom. The van der Waals surface area contributed by atoms with E-state index in [0.29, 0.717) is 0 Å². The SMILES string of the molecule is CN(CCNC(C)(C)C)Cc1cccc(-n2cccn2)c1. The summed E-state index contributed by atoms with van der Waals surface area (Å²) < 4.78 is 1.89. The molecule has 0 fully saturated rings. The van der Waals surface area contributed by atoms with E-state index in [-0.39, 0.29) is 5.54 Å². The lowest BCUT2D eigenvalue weighted by Gasteiger charge is -2.23. The summed E-state index contributed by atoms with van der Waals surface area (Å²) in [6.45, 7) is 9.56. The predicted molar refractivity (Wildman–Crippen MR) is 87.7 cm³/mol. The van der Waals surface area contributed by atoms with Crippen LogP contribution >= 0.6 is 0 Å². The Morgan fingerprint density at radius 1 is 1.24 bits per heavy atom. The van der Waals surface area contributed by atoms with Crippen LogP contribution in [0.5, 0.6) is 0 Å². The lowest BCUT2D eigenvalue weighted by Crippen LogP contribution is -2.40. The van der Waals surface area contributed by atoms with Crippen LogP contribution in [0.25, 0.3) is 5.69 Å². The maximum Gasteiger partial charge on any atom is 0.0648 e. The van der Waals surface area contributed by atoms with Crippen molar-refractivity contribution in [3.05, 3.63) is 48.3 Å². The predicted octanol–water partition coefficient (Wildman–Crippen LogP) is 2.69. The number of benzene rings is 1. The second-order valence-electron chi connectivity index (χ2n) is 6.54. The first-order valence-corrected chi connectivity index (χ1v) is 7.46. The van der Waals surface area contributed by atoms with Crippen LogP contribution in [-0.4, -0.2) is 40.4 Å². The van der Waals surface area contributed by atoms with E-state index in [1.54, 1.807) is 6.20 Å². The van der Waals surface area contributed by atoms with Crippen LogP contribution in [0.2, 0.25) is 0 Å². The molecular formula is C17H26N4. The molecule has 0 radical (unpaired) electrons. The molecular weight excluding hydrogens is 260 g/mol. The molecule has 0 aliphatic carbocycles. The largest absolute Gasteiger partial charge is 0.311 e. The average Bonchev–Trinajstić information content (AvgIpc) is 2.91. The Kier molecular flexibility index (Phi) is 5.15. The minimum atomic E-state index is 0.181. The second kappa shape index (κ2) is 6.87. The van der Waals surface area contributed by atoms with Gasteiger partial charge in [-0.15, -0.1) is 0 Å². The summed E-state index contributed by atoms with van der Waals surface area (Å²) in [5, 5.41) is 7.79. The molecule has 0 saturated carbocycles. The van der Waals surface area contributed by atoms with Gasteiger partial charge in [-0.25, -0.2) is 4.68 Å². The maximum atomic E-state index is 4.28. The summed E-state index contributed by atoms with van der Waals surface area (Å²) in [6, 6.07) is 10.5. The third kappa shape index (κ3) is 5.33. The highest BCUT2D eigenvalue weighted by Crippen LogP contribution is 2.11. The van der Waals surface area contributed by atoms with E-state index in [4.69, 9.17) is 0 Å². The van der Waals surface area contributed by atoms with Gasteiger partial charge in [0.25, 0.3) is 0 Å². The number of likely N-dealkylation sites (N-methyl/N-ethyl adjacent to an activating group) is 1. The molecule has 0 bridgehead atoms. The van der Waals surface area contributed by atoms with E-state index in [1.807, 2.05) is 16.9 Å². The lowest BCUT2D eigenvalue weighted by atomic mass is 10.1. The zero-order valence-electron chi connectivity index (χ0n) is 13.5. The second-order valence-corrected chi connectivity index (χ2v) is 6.54. The van der Waals surface area contributed by atoms with Crippen LogP contribution in [0.4, 0.5) is 0 Å². The molecule has 2 rings (SSSR count). The normalized spacial score (nSPS) is 12.0. The van der Waals surface area contributed by atoms with Gasteiger partial charge in [-0.05, 0) is 51.6 Å². The summed E-state index contributed by atoms with van der Waals surface area (Å²) in [4.78, 5) is 2.33. The molecule has 1 heterocycles. The zero-order valence-corrected chi connectivity index (χ0v) is 13.5. The summed E-state index contributed by atoms with van der Waals surface area (Å²) in [7, 11) is 2.16. The van der Waals surface area contributed by atoms with Crippen molar-refractivity contribution in [3.63, 3.8) is 0 Å². The van der Waals surface area contributed by atoms with Gasteiger partial charge in [0.15, 0.2) is 0 Å². The molecule has 0 amide bonds. The van der Waals surface area contributed by atoms with Gasteiger partial charge >= 0.3 is 0 Å². The first-order valence-electron chi connectivity index (χ1n) is 7.46. The third-order valence-corrected chi connectivity index (χ3v) is 3.28. The number of rotatable bonds is 6. The number of nitrogens with zero attached hydrogens (tertiary/aromatic N) is 3. The minimum absolute atomic E-state index is 0.181. The first kappa shape index (κ1) is 15.7. The molecule has 21 heavy (non-hydrogen) atoms. The van der Waals surface area contributed by atoms with E-state index in [1.165, 1.54) is 5.56 Å². The third-order valence-electron chi connectivity index (χ3n) is 3.28. The van der Waals surface area contributed by atoms with Crippen LogP contribution in [0.3, 0.4) is 0 Å². The van der Waals surface area contributed by atoms with Crippen molar-refractivity contribution >= 4 is 0 Å². The minimum Gasteiger partial charge on any atom is -0.311 e. The van der Waals surface area contributed by atoms with Gasteiger partial charge < -0.3 is 10.2 Å². The molecule has 114 valence electrons. The number of hydrogen-bond donors (Lipinski definition) is 1. The van der Waals surface area contributed by atoms with Gasteiger partial charge in [-0.2, -0.15) is 5.10 Å². The van der Waals surface area contributed by atoms with Gasteiger partial charge in [0.05, 0.1) is 5.69 Å². The Hall–Kier alpha value is -1.65. The van der Waals surface area contributed by atoms with E-state index >= 15 is 0 Å². The number of nitrogens with one attached hydrogen (secondary N) is 1. The fourth-order valence-electron chi connectivity index (χ4n) is 2.23. The van der Waals surface area contributed by atoms with E-state index < -0.39 is 0 Å². The van der Waals surface area contributed by atoms with Crippen molar-refractivity contribution in [1.29, 1.82) is 0 Å². The smallest absolute Gasteiger partial charge is 0.0648 e. The van der Waals surface area contributed by atoms with Gasteiger partial charge in [0.1, 0.15) is 0 Å². The summed E-state index contributed by atoms with van der Waals surface area (Å²) in [6.07, 6.45) is 3.77. The standard InChI is InChI=1S/C17H26N4/c1-17(2,3)18-10-12-20(4)14-15-7-5-8-16(13-15)21-11-6-9-19-21/h5-9,11,13,18H,10,12,14H2,1-4H3. The van der Waals surface area contributed by atoms with Gasteiger partial charge in [0.2, 0.25) is 0 Å². The molecule has 2 aromatic rings. The van der Waals surface area contributed by atoms with Gasteiger partial charge in [0, 0.05) is 37.6 Å². The van der Waals surface area contributed by atoms with Crippen LogP contribution < -0.4 is 5.32 Å².